The standard InChI is InChI=1S/C82H120N2O4S6Si2/c1-11-19-25-29-33-35-39-43-49-95(50-44-40-36-34-30-26-20-12-2)64-51-57(9)89-75(64)76-65(95)52-62(92-76)73-70-71(82(88)84(81(70)87)48-42-38-32-28-22-14-4)74(94-73)63-54-67-78(93-63)77-66(96(67,55-59(17-7)45-23-15-5)56-60(18-8)46-24-16-6)53-61(91-77)72-69-68(58(10)90-72)79(85)83(80(69)86)47-41-37-31-27-21-13-3/h51-54,59-60H,11-50,55-56H2,1-10H3. The van der Waals surface area contributed by atoms with E-state index in [9.17, 15) is 9.59 Å². The molecular weight excluding hydrogens is 1330 g/mol. The van der Waals surface area contributed by atoms with Crippen LogP contribution in [0.25, 0.3) is 48.8 Å². The number of aryl methyl sites for hydroxylation is 2. The van der Waals surface area contributed by atoms with Crippen LogP contribution in [0.1, 0.15) is 338 Å². The molecule has 0 aromatic carbocycles. The van der Waals surface area contributed by atoms with Crippen LogP contribution in [0, 0.1) is 25.7 Å². The van der Waals surface area contributed by atoms with Crippen LogP contribution < -0.4 is 20.7 Å². The lowest BCUT2D eigenvalue weighted by atomic mass is 10.0. The van der Waals surface area contributed by atoms with E-state index in [1.165, 1.54) is 233 Å². The summed E-state index contributed by atoms with van der Waals surface area (Å²) in [6, 6.07) is 15.4. The third-order valence-electron chi connectivity index (χ3n) is 22.8. The normalized spacial score (nSPS) is 16.6. The van der Waals surface area contributed by atoms with Crippen molar-refractivity contribution in [2.24, 2.45) is 11.8 Å². The Morgan fingerprint density at radius 3 is 1.02 bits per heavy atom. The summed E-state index contributed by atoms with van der Waals surface area (Å²) < 4.78 is 0. The van der Waals surface area contributed by atoms with Crippen LogP contribution in [0.3, 0.4) is 0 Å². The molecule has 0 saturated carbocycles. The second-order valence-electron chi connectivity index (χ2n) is 29.8. The SMILES string of the molecule is CCCCCCCCCC[Si]1(CCCCCCCCCC)c2cc(C)sc2-c2sc(-c3sc(-c4cc5c(s4)-c4sc(-c6sc(C)c7c6C(=O)N(CCCCCCCC)C7=O)cc4[Si]5(CC(CC)CCCC)CC(CC)CCCC)c4c3C(=O)N(CCCCCCCC)C4=O)cc21. The Hall–Kier alpha value is -3.09. The highest BCUT2D eigenvalue weighted by atomic mass is 32.1. The van der Waals surface area contributed by atoms with Gasteiger partial charge in [0.1, 0.15) is 16.1 Å². The molecular formula is C82H120N2O4S6Si2. The van der Waals surface area contributed by atoms with Crippen LogP contribution in [0.15, 0.2) is 24.3 Å². The second-order valence-corrected chi connectivity index (χ2v) is 44.8. The van der Waals surface area contributed by atoms with Gasteiger partial charge in [0.25, 0.3) is 23.6 Å². The summed E-state index contributed by atoms with van der Waals surface area (Å²) in [4.78, 5) is 78.4. The molecule has 6 nitrogen and oxygen atoms in total. The summed E-state index contributed by atoms with van der Waals surface area (Å²) in [6.45, 7) is 24.0. The molecule has 0 spiro atoms. The number of thiophene rings is 6. The zero-order valence-electron chi connectivity index (χ0n) is 61.1. The van der Waals surface area contributed by atoms with Crippen LogP contribution in [0.5, 0.6) is 0 Å². The van der Waals surface area contributed by atoms with E-state index >= 15 is 9.59 Å². The fourth-order valence-electron chi connectivity index (χ4n) is 17.2. The van der Waals surface area contributed by atoms with Gasteiger partial charge < -0.3 is 0 Å². The molecule has 0 saturated heterocycles. The first-order valence-corrected chi connectivity index (χ1v) is 49.1. The van der Waals surface area contributed by atoms with Gasteiger partial charge in [-0.05, 0) is 108 Å². The van der Waals surface area contributed by atoms with E-state index in [0.29, 0.717) is 47.2 Å². The molecule has 0 aliphatic carbocycles. The molecule has 526 valence electrons. The molecule has 2 unspecified atom stereocenters. The molecule has 10 rings (SSSR count). The Kier molecular flexibility index (Phi) is 28.5. The van der Waals surface area contributed by atoms with Crippen molar-refractivity contribution in [1.29, 1.82) is 0 Å². The van der Waals surface area contributed by atoms with Crippen molar-refractivity contribution in [2.75, 3.05) is 13.1 Å². The number of carbonyl (C=O) groups excluding carboxylic acids is 4. The summed E-state index contributed by atoms with van der Waals surface area (Å²) >= 11 is 11.2. The number of nitrogens with zero attached hydrogens (tertiary/aromatic N) is 2. The maximum Gasteiger partial charge on any atom is 0.263 e. The minimum atomic E-state index is -2.60. The number of amides is 4. The Bertz CT molecular complexity index is 3510. The summed E-state index contributed by atoms with van der Waals surface area (Å²) in [5, 5.41) is 6.45. The van der Waals surface area contributed by atoms with E-state index in [2.05, 4.69) is 93.5 Å². The molecule has 96 heavy (non-hydrogen) atoms. The molecule has 10 heterocycles. The lowest BCUT2D eigenvalue weighted by Gasteiger charge is -2.35. The van der Waals surface area contributed by atoms with Crippen LogP contribution >= 0.6 is 68.0 Å². The fraction of sp³-hybridized carbons (Fsp3) is 0.659. The molecule has 6 aromatic heterocycles. The second kappa shape index (κ2) is 36.2. The minimum absolute atomic E-state index is 0.0811. The van der Waals surface area contributed by atoms with Crippen molar-refractivity contribution < 1.29 is 19.2 Å². The molecule has 4 amide bonds. The molecule has 6 aromatic rings. The van der Waals surface area contributed by atoms with E-state index in [4.69, 9.17) is 0 Å². The summed E-state index contributed by atoms with van der Waals surface area (Å²) in [6.07, 6.45) is 44.1. The average molecular weight is 1450 g/mol. The van der Waals surface area contributed by atoms with Gasteiger partial charge in [0.05, 0.1) is 36.9 Å². The zero-order valence-corrected chi connectivity index (χ0v) is 68.0. The van der Waals surface area contributed by atoms with Crippen molar-refractivity contribution in [3.8, 4) is 48.8 Å². The van der Waals surface area contributed by atoms with E-state index in [1.54, 1.807) is 53.2 Å². The first kappa shape index (κ1) is 75.6. The number of unbranched alkanes of at least 4 members (excludes halogenated alkanes) is 26. The average Bonchev–Trinajstić information content (AvgIpc) is 1.57. The van der Waals surface area contributed by atoms with Gasteiger partial charge in [-0.25, -0.2) is 0 Å². The van der Waals surface area contributed by atoms with Crippen LogP contribution in [-0.4, -0.2) is 62.7 Å². The molecule has 4 aliphatic heterocycles. The van der Waals surface area contributed by atoms with Gasteiger partial charge in [-0.3, -0.25) is 29.0 Å². The third kappa shape index (κ3) is 16.2. The first-order chi connectivity index (χ1) is 46.8. The first-order valence-electron chi connectivity index (χ1n) is 39.4. The number of hydrogen-bond acceptors (Lipinski definition) is 10. The molecule has 4 aliphatic rings. The topological polar surface area (TPSA) is 74.8 Å². The van der Waals surface area contributed by atoms with Crippen molar-refractivity contribution in [2.45, 2.75) is 325 Å². The van der Waals surface area contributed by atoms with E-state index in [1.807, 2.05) is 45.3 Å². The van der Waals surface area contributed by atoms with Gasteiger partial charge in [-0.15, -0.1) is 68.0 Å². The number of imide groups is 2. The van der Waals surface area contributed by atoms with Crippen molar-refractivity contribution in [1.82, 2.24) is 9.80 Å². The van der Waals surface area contributed by atoms with Gasteiger partial charge in [0, 0.05) is 57.0 Å². The molecule has 0 N–H and O–H groups in total. The molecule has 14 heteroatoms. The number of fused-ring (bicyclic) bond motifs is 8. The van der Waals surface area contributed by atoms with Crippen LogP contribution in [0.2, 0.25) is 24.2 Å². The van der Waals surface area contributed by atoms with Crippen molar-refractivity contribution >= 4 is 129 Å². The summed E-state index contributed by atoms with van der Waals surface area (Å²) in [5.74, 6) is 0.775. The number of carbonyl (C=O) groups is 4. The van der Waals surface area contributed by atoms with Crippen LogP contribution in [0.4, 0.5) is 0 Å². The maximum atomic E-state index is 15.7. The van der Waals surface area contributed by atoms with Gasteiger partial charge in [0.15, 0.2) is 0 Å². The predicted octanol–water partition coefficient (Wildman–Crippen LogP) is 25.4. The van der Waals surface area contributed by atoms with Gasteiger partial charge in [-0.1, -0.05) is 274 Å². The molecule has 2 atom stereocenters. The molecule has 0 radical (unpaired) electrons. The summed E-state index contributed by atoms with van der Waals surface area (Å²) in [5.41, 5.74) is 2.60. The molecule has 0 bridgehead atoms. The fourth-order valence-corrected chi connectivity index (χ4v) is 39.7. The Balaban J connectivity index is 1.10. The monoisotopic (exact) mass is 1440 g/mol. The van der Waals surface area contributed by atoms with Gasteiger partial charge >= 0.3 is 0 Å². The highest BCUT2D eigenvalue weighted by Crippen LogP contribution is 2.56. The lowest BCUT2D eigenvalue weighted by molar-refractivity contribution is 0.0636. The van der Waals surface area contributed by atoms with E-state index in [0.717, 1.165) is 80.6 Å². The lowest BCUT2D eigenvalue weighted by Crippen LogP contribution is -2.56. The van der Waals surface area contributed by atoms with Gasteiger partial charge in [0.2, 0.25) is 0 Å². The van der Waals surface area contributed by atoms with Gasteiger partial charge in [-0.2, -0.15) is 0 Å². The van der Waals surface area contributed by atoms with E-state index < -0.39 is 16.1 Å². The van der Waals surface area contributed by atoms with Crippen LogP contribution in [-0.2, 0) is 0 Å². The number of rotatable bonds is 47. The smallest absolute Gasteiger partial charge is 0.263 e. The van der Waals surface area contributed by atoms with Crippen molar-refractivity contribution in [3.63, 3.8) is 0 Å². The van der Waals surface area contributed by atoms with E-state index in [-0.39, 0.29) is 23.6 Å². The highest BCUT2D eigenvalue weighted by Gasteiger charge is 2.53. The van der Waals surface area contributed by atoms with Crippen molar-refractivity contribution in [3.05, 3.63) is 56.3 Å². The third-order valence-corrected chi connectivity index (χ3v) is 41.8. The predicted molar refractivity (Wildman–Crippen MR) is 429 cm³/mol. The summed E-state index contributed by atoms with van der Waals surface area (Å²) in [7, 11) is -4.81. The maximum absolute atomic E-state index is 15.7. The Morgan fingerprint density at radius 2 is 0.635 bits per heavy atom. The minimum Gasteiger partial charge on any atom is -0.274 e. The Morgan fingerprint density at radius 1 is 0.323 bits per heavy atom. The number of hydrogen-bond donors (Lipinski definition) is 0. The molecule has 0 fully saturated rings. The largest absolute Gasteiger partial charge is 0.274 e. The quantitative estimate of drug-likeness (QED) is 0.0217. The Labute approximate surface area is 607 Å². The zero-order chi connectivity index (χ0) is 67.9. The highest BCUT2D eigenvalue weighted by molar-refractivity contribution is 7.35.